The number of carbonyl (C=O) groups excluding carboxylic acids is 1. The summed E-state index contributed by atoms with van der Waals surface area (Å²) >= 11 is 0. The van der Waals surface area contributed by atoms with E-state index in [0.717, 1.165) is 56.0 Å². The average molecular weight is 260 g/mol. The van der Waals surface area contributed by atoms with Crippen LogP contribution in [0.1, 0.15) is 22.3 Å². The highest BCUT2D eigenvalue weighted by atomic mass is 16.5. The molecule has 0 aliphatic carbocycles. The molecule has 0 spiro atoms. The molecule has 2 aliphatic heterocycles. The Bertz CT molecular complexity index is 487. The van der Waals surface area contributed by atoms with Crippen LogP contribution in [-0.2, 0) is 6.42 Å². The summed E-state index contributed by atoms with van der Waals surface area (Å²) in [6.07, 6.45) is 2.03. The zero-order chi connectivity index (χ0) is 13.2. The van der Waals surface area contributed by atoms with Gasteiger partial charge in [0.15, 0.2) is 5.78 Å². The molecule has 4 heteroatoms. The zero-order valence-electron chi connectivity index (χ0n) is 11.1. The number of Topliss-reactive ketones (excluding diaryl/α,β-unsaturated/α-hetero) is 1. The van der Waals surface area contributed by atoms with Crippen molar-refractivity contribution in [3.05, 3.63) is 29.3 Å². The van der Waals surface area contributed by atoms with Gasteiger partial charge >= 0.3 is 0 Å². The summed E-state index contributed by atoms with van der Waals surface area (Å²) in [5.74, 6) is 1.69. The van der Waals surface area contributed by atoms with E-state index in [4.69, 9.17) is 10.5 Å². The second kappa shape index (κ2) is 5.31. The van der Waals surface area contributed by atoms with Crippen LogP contribution in [0.4, 0.5) is 0 Å². The fourth-order valence-electron chi connectivity index (χ4n) is 2.90. The van der Waals surface area contributed by atoms with Gasteiger partial charge in [0.05, 0.1) is 13.2 Å². The van der Waals surface area contributed by atoms with Crippen molar-refractivity contribution < 1.29 is 9.53 Å². The van der Waals surface area contributed by atoms with E-state index in [1.807, 2.05) is 18.2 Å². The highest BCUT2D eigenvalue weighted by Crippen LogP contribution is 2.26. The van der Waals surface area contributed by atoms with Crippen LogP contribution in [0.2, 0.25) is 0 Å². The molecule has 1 unspecified atom stereocenters. The average Bonchev–Trinajstić information content (AvgIpc) is 3.05. The van der Waals surface area contributed by atoms with Crippen molar-refractivity contribution in [2.24, 2.45) is 11.7 Å². The van der Waals surface area contributed by atoms with E-state index in [9.17, 15) is 4.79 Å². The number of nitrogens with zero attached hydrogens (tertiary/aromatic N) is 1. The lowest BCUT2D eigenvalue weighted by Crippen LogP contribution is -2.29. The van der Waals surface area contributed by atoms with E-state index in [0.29, 0.717) is 12.5 Å². The van der Waals surface area contributed by atoms with Crippen LogP contribution < -0.4 is 10.5 Å². The molecule has 1 aromatic rings. The summed E-state index contributed by atoms with van der Waals surface area (Å²) < 4.78 is 5.46. The van der Waals surface area contributed by atoms with E-state index in [-0.39, 0.29) is 5.78 Å². The van der Waals surface area contributed by atoms with Crippen molar-refractivity contribution in [2.45, 2.75) is 12.8 Å². The number of hydrogen-bond donors (Lipinski definition) is 1. The van der Waals surface area contributed by atoms with Gasteiger partial charge in [0, 0.05) is 18.5 Å². The predicted molar refractivity (Wildman–Crippen MR) is 73.6 cm³/mol. The van der Waals surface area contributed by atoms with Gasteiger partial charge in [-0.15, -0.1) is 0 Å². The maximum atomic E-state index is 12.3. The quantitative estimate of drug-likeness (QED) is 0.823. The summed E-state index contributed by atoms with van der Waals surface area (Å²) in [6, 6.07) is 5.78. The molecule has 0 aromatic heterocycles. The van der Waals surface area contributed by atoms with Crippen molar-refractivity contribution in [1.29, 1.82) is 0 Å². The lowest BCUT2D eigenvalue weighted by molar-refractivity contribution is 0.0943. The first-order chi connectivity index (χ1) is 9.26. The second-order valence-electron chi connectivity index (χ2n) is 5.47. The Hall–Kier alpha value is -1.39. The highest BCUT2D eigenvalue weighted by Gasteiger charge is 2.23. The predicted octanol–water partition coefficient (Wildman–Crippen LogP) is 1.08. The van der Waals surface area contributed by atoms with Crippen LogP contribution in [0.25, 0.3) is 0 Å². The minimum Gasteiger partial charge on any atom is -0.493 e. The molecule has 1 atom stereocenters. The number of ether oxygens (including phenoxy) is 1. The topological polar surface area (TPSA) is 55.6 Å². The van der Waals surface area contributed by atoms with Crippen molar-refractivity contribution >= 4 is 5.78 Å². The number of hydrogen-bond acceptors (Lipinski definition) is 4. The third-order valence-corrected chi connectivity index (χ3v) is 4.08. The highest BCUT2D eigenvalue weighted by molar-refractivity contribution is 5.98. The van der Waals surface area contributed by atoms with Crippen molar-refractivity contribution in [3.8, 4) is 5.75 Å². The van der Waals surface area contributed by atoms with Gasteiger partial charge in [0.1, 0.15) is 5.75 Å². The Morgan fingerprint density at radius 1 is 1.47 bits per heavy atom. The molecule has 2 N–H and O–H groups in total. The first-order valence-corrected chi connectivity index (χ1v) is 6.97. The first-order valence-electron chi connectivity index (χ1n) is 6.97. The van der Waals surface area contributed by atoms with Gasteiger partial charge in [-0.3, -0.25) is 9.69 Å². The number of ketones is 1. The molecule has 0 saturated carbocycles. The van der Waals surface area contributed by atoms with E-state index in [1.165, 1.54) is 0 Å². The lowest BCUT2D eigenvalue weighted by Gasteiger charge is -2.14. The minimum atomic E-state index is 0.201. The normalized spacial score (nSPS) is 22.3. The summed E-state index contributed by atoms with van der Waals surface area (Å²) in [6.45, 7) is 3.91. The maximum absolute atomic E-state index is 12.3. The van der Waals surface area contributed by atoms with E-state index < -0.39 is 0 Å². The molecule has 2 heterocycles. The molecular formula is C15H20N2O2. The number of likely N-dealkylation sites (tertiary alicyclic amines) is 1. The Morgan fingerprint density at radius 2 is 2.37 bits per heavy atom. The zero-order valence-corrected chi connectivity index (χ0v) is 11.1. The van der Waals surface area contributed by atoms with E-state index in [1.54, 1.807) is 0 Å². The van der Waals surface area contributed by atoms with Crippen LogP contribution in [0.15, 0.2) is 18.2 Å². The molecule has 2 aliphatic rings. The fourth-order valence-corrected chi connectivity index (χ4v) is 2.90. The molecular weight excluding hydrogens is 240 g/mol. The number of nitrogens with two attached hydrogens (primary N) is 1. The number of rotatable bonds is 4. The van der Waals surface area contributed by atoms with Gasteiger partial charge in [-0.1, -0.05) is 0 Å². The Balaban J connectivity index is 1.64. The Kier molecular flexibility index (Phi) is 3.53. The smallest absolute Gasteiger partial charge is 0.176 e. The Labute approximate surface area is 113 Å². The molecule has 1 saturated heterocycles. The fraction of sp³-hybridized carbons (Fsp3) is 0.533. The van der Waals surface area contributed by atoms with Gasteiger partial charge in [-0.25, -0.2) is 0 Å². The minimum absolute atomic E-state index is 0.201. The van der Waals surface area contributed by atoms with E-state index in [2.05, 4.69) is 4.90 Å². The van der Waals surface area contributed by atoms with Gasteiger partial charge in [0.2, 0.25) is 0 Å². The van der Waals surface area contributed by atoms with E-state index >= 15 is 0 Å². The van der Waals surface area contributed by atoms with Crippen LogP contribution in [-0.4, -0.2) is 43.5 Å². The molecule has 0 bridgehead atoms. The standard InChI is InChI=1S/C15H20N2O2/c16-8-11-3-5-17(9-11)10-14(18)12-1-2-15-13(7-12)4-6-19-15/h1-2,7,11H,3-6,8-10,16H2. The molecule has 4 nitrogen and oxygen atoms in total. The van der Waals surface area contributed by atoms with Crippen LogP contribution >= 0.6 is 0 Å². The molecule has 102 valence electrons. The molecule has 0 radical (unpaired) electrons. The van der Waals surface area contributed by atoms with Crippen LogP contribution in [0.3, 0.4) is 0 Å². The number of carbonyl (C=O) groups is 1. The van der Waals surface area contributed by atoms with Crippen molar-refractivity contribution in [1.82, 2.24) is 4.90 Å². The molecule has 1 aromatic carbocycles. The number of benzene rings is 1. The first kappa shape index (κ1) is 12.6. The third kappa shape index (κ3) is 2.65. The van der Waals surface area contributed by atoms with Gasteiger partial charge < -0.3 is 10.5 Å². The largest absolute Gasteiger partial charge is 0.493 e. The molecule has 1 fully saturated rings. The molecule has 19 heavy (non-hydrogen) atoms. The summed E-state index contributed by atoms with van der Waals surface area (Å²) in [5.41, 5.74) is 7.64. The van der Waals surface area contributed by atoms with Gasteiger partial charge in [-0.2, -0.15) is 0 Å². The van der Waals surface area contributed by atoms with Crippen LogP contribution in [0.5, 0.6) is 5.75 Å². The van der Waals surface area contributed by atoms with Crippen molar-refractivity contribution in [2.75, 3.05) is 32.8 Å². The lowest BCUT2D eigenvalue weighted by atomic mass is 10.1. The summed E-state index contributed by atoms with van der Waals surface area (Å²) in [7, 11) is 0. The second-order valence-corrected chi connectivity index (χ2v) is 5.47. The third-order valence-electron chi connectivity index (χ3n) is 4.08. The summed E-state index contributed by atoms with van der Waals surface area (Å²) in [4.78, 5) is 14.5. The molecule has 0 amide bonds. The SMILES string of the molecule is NCC1CCN(CC(=O)c2ccc3c(c2)CCO3)C1. The van der Waals surface area contributed by atoms with Crippen LogP contribution in [0, 0.1) is 5.92 Å². The molecule has 3 rings (SSSR count). The summed E-state index contributed by atoms with van der Waals surface area (Å²) in [5, 5.41) is 0. The number of fused-ring (bicyclic) bond motifs is 1. The van der Waals surface area contributed by atoms with Gasteiger partial charge in [-0.05, 0) is 49.2 Å². The maximum Gasteiger partial charge on any atom is 0.176 e. The Morgan fingerprint density at radius 3 is 3.16 bits per heavy atom. The van der Waals surface area contributed by atoms with Crippen molar-refractivity contribution in [3.63, 3.8) is 0 Å². The monoisotopic (exact) mass is 260 g/mol. The van der Waals surface area contributed by atoms with Gasteiger partial charge in [0.25, 0.3) is 0 Å².